The molecule has 1 heterocycles. The van der Waals surface area contributed by atoms with Crippen LogP contribution in [0.4, 0.5) is 0 Å². The molecule has 0 aliphatic heterocycles. The molecule has 3 aromatic rings. The number of carbonyl (C=O) groups excluding carboxylic acids is 1. The number of hydrogen-bond donors (Lipinski definition) is 0. The summed E-state index contributed by atoms with van der Waals surface area (Å²) in [5, 5.41) is 2.45. The molecule has 0 unspecified atom stereocenters. The number of esters is 1. The van der Waals surface area contributed by atoms with Gasteiger partial charge in [-0.25, -0.2) is 4.79 Å². The van der Waals surface area contributed by atoms with Crippen LogP contribution >= 0.6 is 0 Å². The van der Waals surface area contributed by atoms with Crippen LogP contribution in [0, 0.1) is 6.92 Å². The van der Waals surface area contributed by atoms with Crippen LogP contribution in [0.2, 0.25) is 0 Å². The van der Waals surface area contributed by atoms with E-state index in [1.54, 1.807) is 0 Å². The van der Waals surface area contributed by atoms with Crippen LogP contribution in [0.5, 0.6) is 0 Å². The Morgan fingerprint density at radius 2 is 1.90 bits per heavy atom. The molecule has 21 heavy (non-hydrogen) atoms. The molecule has 0 spiro atoms. The predicted molar refractivity (Wildman–Crippen MR) is 85.9 cm³/mol. The minimum Gasteiger partial charge on any atom is -0.465 e. The average molecular weight is 281 g/mol. The van der Waals surface area contributed by atoms with Gasteiger partial charge in [-0.2, -0.15) is 0 Å². The molecule has 0 N–H and O–H groups in total. The van der Waals surface area contributed by atoms with Crippen molar-refractivity contribution in [2.45, 2.75) is 26.8 Å². The maximum absolute atomic E-state index is 11.8. The average Bonchev–Trinajstić information content (AvgIpc) is 2.80. The Hall–Kier alpha value is -2.29. The second-order valence-corrected chi connectivity index (χ2v) is 5.66. The predicted octanol–water partition coefficient (Wildman–Crippen LogP) is 4.47. The molecule has 108 valence electrons. The number of nitrogens with zero attached hydrogens (tertiary/aromatic N) is 1. The highest BCUT2D eigenvalue weighted by Crippen LogP contribution is 2.34. The number of benzene rings is 2. The van der Waals surface area contributed by atoms with Crippen LogP contribution < -0.4 is 0 Å². The maximum atomic E-state index is 11.8. The fraction of sp³-hybridized carbons (Fsp3) is 0.278. The van der Waals surface area contributed by atoms with Gasteiger partial charge in [0.1, 0.15) is 0 Å². The number of hydrogen-bond acceptors (Lipinski definition) is 2. The highest BCUT2D eigenvalue weighted by atomic mass is 16.5. The Kier molecular flexibility index (Phi) is 3.20. The van der Waals surface area contributed by atoms with Gasteiger partial charge < -0.3 is 9.30 Å². The summed E-state index contributed by atoms with van der Waals surface area (Å²) >= 11 is 0. The van der Waals surface area contributed by atoms with Gasteiger partial charge in [-0.3, -0.25) is 0 Å². The van der Waals surface area contributed by atoms with Crippen molar-refractivity contribution in [1.29, 1.82) is 0 Å². The zero-order valence-electron chi connectivity index (χ0n) is 12.8. The first-order valence-corrected chi connectivity index (χ1v) is 7.16. The highest BCUT2D eigenvalue weighted by molar-refractivity contribution is 6.11. The molecular weight excluding hydrogens is 262 g/mol. The van der Waals surface area contributed by atoms with E-state index < -0.39 is 0 Å². The van der Waals surface area contributed by atoms with Crippen molar-refractivity contribution in [3.8, 4) is 0 Å². The lowest BCUT2D eigenvalue weighted by atomic mass is 10.1. The van der Waals surface area contributed by atoms with Gasteiger partial charge in [0.25, 0.3) is 0 Å². The van der Waals surface area contributed by atoms with Crippen LogP contribution in [0.15, 0.2) is 36.4 Å². The SMILES string of the molecule is COC(=O)c1ccc2c3c(C)cccc3n(C(C)C)c2c1. The fourth-order valence-electron chi connectivity index (χ4n) is 3.08. The number of rotatable bonds is 2. The van der Waals surface area contributed by atoms with Gasteiger partial charge in [-0.05, 0) is 44.5 Å². The summed E-state index contributed by atoms with van der Waals surface area (Å²) in [6.07, 6.45) is 0. The molecule has 0 aliphatic rings. The minimum absolute atomic E-state index is 0.297. The van der Waals surface area contributed by atoms with E-state index in [-0.39, 0.29) is 5.97 Å². The van der Waals surface area contributed by atoms with Crippen molar-refractivity contribution < 1.29 is 9.53 Å². The molecular formula is C18H19NO2. The van der Waals surface area contributed by atoms with Crippen molar-refractivity contribution >= 4 is 27.8 Å². The molecule has 3 nitrogen and oxygen atoms in total. The third-order valence-electron chi connectivity index (χ3n) is 3.97. The van der Waals surface area contributed by atoms with E-state index in [4.69, 9.17) is 4.74 Å². The highest BCUT2D eigenvalue weighted by Gasteiger charge is 2.16. The van der Waals surface area contributed by atoms with Crippen LogP contribution in [0.3, 0.4) is 0 Å². The Bertz CT molecular complexity index is 843. The lowest BCUT2D eigenvalue weighted by Crippen LogP contribution is -2.03. The molecule has 0 radical (unpaired) electrons. The van der Waals surface area contributed by atoms with Gasteiger partial charge in [0.05, 0.1) is 18.2 Å². The Balaban J connectivity index is 2.46. The largest absolute Gasteiger partial charge is 0.465 e. The zero-order chi connectivity index (χ0) is 15.1. The first-order chi connectivity index (χ1) is 10.0. The summed E-state index contributed by atoms with van der Waals surface area (Å²) in [4.78, 5) is 11.8. The molecule has 0 bridgehead atoms. The van der Waals surface area contributed by atoms with Gasteiger partial charge in [0, 0.05) is 22.3 Å². The van der Waals surface area contributed by atoms with E-state index in [1.165, 1.54) is 29.0 Å². The smallest absolute Gasteiger partial charge is 0.337 e. The standard InChI is InChI=1S/C18H19NO2/c1-11(2)19-15-7-5-6-12(3)17(15)14-9-8-13(10-16(14)19)18(20)21-4/h5-11H,1-4H3. The Labute approximate surface area is 124 Å². The van der Waals surface area contributed by atoms with Crippen LogP contribution in [-0.2, 0) is 4.74 Å². The number of carbonyl (C=O) groups is 1. The third-order valence-corrected chi connectivity index (χ3v) is 3.97. The monoisotopic (exact) mass is 281 g/mol. The second-order valence-electron chi connectivity index (χ2n) is 5.66. The van der Waals surface area contributed by atoms with Gasteiger partial charge >= 0.3 is 5.97 Å². The Morgan fingerprint density at radius 1 is 1.14 bits per heavy atom. The van der Waals surface area contributed by atoms with Crippen molar-refractivity contribution in [2.24, 2.45) is 0 Å². The van der Waals surface area contributed by atoms with Crippen molar-refractivity contribution in [3.63, 3.8) is 0 Å². The van der Waals surface area contributed by atoms with E-state index in [0.717, 1.165) is 5.52 Å². The summed E-state index contributed by atoms with van der Waals surface area (Å²) < 4.78 is 7.12. The zero-order valence-corrected chi connectivity index (χ0v) is 12.8. The molecule has 0 atom stereocenters. The molecule has 1 aromatic heterocycles. The van der Waals surface area contributed by atoms with E-state index >= 15 is 0 Å². The van der Waals surface area contributed by atoms with E-state index in [2.05, 4.69) is 43.5 Å². The first-order valence-electron chi connectivity index (χ1n) is 7.16. The van der Waals surface area contributed by atoms with Crippen molar-refractivity contribution in [3.05, 3.63) is 47.5 Å². The van der Waals surface area contributed by atoms with E-state index in [1.807, 2.05) is 18.2 Å². The van der Waals surface area contributed by atoms with Gasteiger partial charge in [-0.1, -0.05) is 18.2 Å². The molecule has 0 amide bonds. The Morgan fingerprint density at radius 3 is 2.57 bits per heavy atom. The van der Waals surface area contributed by atoms with Gasteiger partial charge in [0.15, 0.2) is 0 Å². The lowest BCUT2D eigenvalue weighted by molar-refractivity contribution is 0.0601. The second kappa shape index (κ2) is 4.92. The molecule has 0 aliphatic carbocycles. The maximum Gasteiger partial charge on any atom is 0.337 e. The van der Waals surface area contributed by atoms with Crippen LogP contribution in [-0.4, -0.2) is 17.6 Å². The van der Waals surface area contributed by atoms with Crippen molar-refractivity contribution in [1.82, 2.24) is 4.57 Å². The molecule has 0 saturated heterocycles. The summed E-state index contributed by atoms with van der Waals surface area (Å²) in [5.74, 6) is -0.297. The summed E-state index contributed by atoms with van der Waals surface area (Å²) in [5.41, 5.74) is 4.13. The first kappa shape index (κ1) is 13.7. The van der Waals surface area contributed by atoms with Gasteiger partial charge in [-0.15, -0.1) is 0 Å². The van der Waals surface area contributed by atoms with Crippen molar-refractivity contribution in [2.75, 3.05) is 7.11 Å². The number of ether oxygens (including phenoxy) is 1. The minimum atomic E-state index is -0.297. The van der Waals surface area contributed by atoms with E-state index in [0.29, 0.717) is 11.6 Å². The number of fused-ring (bicyclic) bond motifs is 3. The summed E-state index contributed by atoms with van der Waals surface area (Å²) in [6, 6.07) is 12.5. The molecule has 2 aromatic carbocycles. The number of aryl methyl sites for hydroxylation is 1. The number of methoxy groups -OCH3 is 1. The lowest BCUT2D eigenvalue weighted by Gasteiger charge is -2.12. The van der Waals surface area contributed by atoms with Gasteiger partial charge in [0.2, 0.25) is 0 Å². The molecule has 0 saturated carbocycles. The molecule has 3 rings (SSSR count). The topological polar surface area (TPSA) is 31.2 Å². The summed E-state index contributed by atoms with van der Waals surface area (Å²) in [6.45, 7) is 6.44. The fourth-order valence-corrected chi connectivity index (χ4v) is 3.08. The normalized spacial score (nSPS) is 11.5. The van der Waals surface area contributed by atoms with E-state index in [9.17, 15) is 4.79 Å². The molecule has 0 fully saturated rings. The van der Waals surface area contributed by atoms with Crippen LogP contribution in [0.1, 0.15) is 35.8 Å². The number of aromatic nitrogens is 1. The third kappa shape index (κ3) is 2.00. The summed E-state index contributed by atoms with van der Waals surface area (Å²) in [7, 11) is 1.41. The molecule has 3 heteroatoms. The van der Waals surface area contributed by atoms with Crippen LogP contribution in [0.25, 0.3) is 21.8 Å². The quantitative estimate of drug-likeness (QED) is 0.649.